The molecule has 3 aliphatic carbocycles. The quantitative estimate of drug-likeness (QED) is 0.685. The Kier molecular flexibility index (Phi) is 3.61. The molecule has 0 radical (unpaired) electrons. The van der Waals surface area contributed by atoms with Crippen LogP contribution in [0.1, 0.15) is 52.9 Å². The first-order valence-electron chi connectivity index (χ1n) is 9.40. The molecule has 0 bridgehead atoms. The van der Waals surface area contributed by atoms with Crippen molar-refractivity contribution in [3.63, 3.8) is 0 Å². The van der Waals surface area contributed by atoms with E-state index in [2.05, 4.69) is 19.9 Å². The van der Waals surface area contributed by atoms with Crippen LogP contribution >= 0.6 is 0 Å². The minimum Gasteiger partial charge on any atom is -0.454 e. The van der Waals surface area contributed by atoms with Crippen molar-refractivity contribution in [1.82, 2.24) is 0 Å². The predicted octanol–water partition coefficient (Wildman–Crippen LogP) is 3.41. The lowest BCUT2D eigenvalue weighted by Crippen LogP contribution is -2.59. The molecule has 6 atom stereocenters. The van der Waals surface area contributed by atoms with Crippen LogP contribution in [0.15, 0.2) is 23.8 Å². The fourth-order valence-electron chi connectivity index (χ4n) is 6.30. The van der Waals surface area contributed by atoms with Gasteiger partial charge in [-0.25, -0.2) is 0 Å². The number of carbonyl (C=O) groups excluding carboxylic acids is 3. The van der Waals surface area contributed by atoms with E-state index < -0.39 is 6.10 Å². The molecule has 1 aliphatic heterocycles. The van der Waals surface area contributed by atoms with Gasteiger partial charge in [0.05, 0.1) is 0 Å². The summed E-state index contributed by atoms with van der Waals surface area (Å²) in [4.78, 5) is 36.2. The van der Waals surface area contributed by atoms with Crippen LogP contribution < -0.4 is 0 Å². The van der Waals surface area contributed by atoms with Gasteiger partial charge in [-0.15, -0.1) is 0 Å². The third-order valence-electron chi connectivity index (χ3n) is 7.60. The average molecular weight is 342 g/mol. The molecule has 0 aromatic heterocycles. The van der Waals surface area contributed by atoms with Gasteiger partial charge < -0.3 is 4.74 Å². The van der Waals surface area contributed by atoms with Gasteiger partial charge in [-0.1, -0.05) is 25.5 Å². The second-order valence-corrected chi connectivity index (χ2v) is 8.83. The fraction of sp³-hybridized carbons (Fsp3) is 0.667. The number of Topliss-reactive ketones (excluding diaryl/α,β-unsaturated/α-hetero) is 1. The maximum absolute atomic E-state index is 12.2. The predicted molar refractivity (Wildman–Crippen MR) is 92.6 cm³/mol. The fourth-order valence-corrected chi connectivity index (χ4v) is 6.30. The van der Waals surface area contributed by atoms with E-state index in [1.807, 2.05) is 6.08 Å². The first kappa shape index (κ1) is 16.7. The maximum Gasteiger partial charge on any atom is 0.306 e. The third kappa shape index (κ3) is 2.29. The van der Waals surface area contributed by atoms with Crippen molar-refractivity contribution < 1.29 is 19.1 Å². The number of allylic oxidation sites excluding steroid dienone is 4. The summed E-state index contributed by atoms with van der Waals surface area (Å²) in [5, 5.41) is 0. The van der Waals surface area contributed by atoms with Gasteiger partial charge in [0.2, 0.25) is 0 Å². The number of ether oxygens (including phenoxy) is 1. The molecule has 25 heavy (non-hydrogen) atoms. The van der Waals surface area contributed by atoms with Gasteiger partial charge in [-0.05, 0) is 62.5 Å². The lowest BCUT2D eigenvalue weighted by atomic mass is 9.46. The second kappa shape index (κ2) is 5.39. The van der Waals surface area contributed by atoms with E-state index in [9.17, 15) is 14.4 Å². The molecule has 0 aromatic carbocycles. The molecule has 134 valence electrons. The highest BCUT2D eigenvalue weighted by atomic mass is 16.5. The Morgan fingerprint density at radius 2 is 1.96 bits per heavy atom. The van der Waals surface area contributed by atoms with Crippen LogP contribution in [0.2, 0.25) is 0 Å². The minimum absolute atomic E-state index is 0.0373. The number of ketones is 2. The normalized spacial score (nSPS) is 45.6. The third-order valence-corrected chi connectivity index (χ3v) is 7.60. The highest BCUT2D eigenvalue weighted by Crippen LogP contribution is 2.63. The summed E-state index contributed by atoms with van der Waals surface area (Å²) < 4.78 is 5.49. The van der Waals surface area contributed by atoms with Gasteiger partial charge >= 0.3 is 5.97 Å². The molecule has 4 rings (SSSR count). The van der Waals surface area contributed by atoms with E-state index in [1.165, 1.54) is 12.5 Å². The van der Waals surface area contributed by atoms with Gasteiger partial charge in [0.15, 0.2) is 17.7 Å². The van der Waals surface area contributed by atoms with Crippen LogP contribution in [0.3, 0.4) is 0 Å². The average Bonchev–Trinajstić information content (AvgIpc) is 2.55. The molecule has 3 fully saturated rings. The molecule has 4 nitrogen and oxygen atoms in total. The summed E-state index contributed by atoms with van der Waals surface area (Å²) in [6.07, 6.45) is 9.21. The molecule has 0 unspecified atom stereocenters. The summed E-state index contributed by atoms with van der Waals surface area (Å²) in [6, 6.07) is 0. The van der Waals surface area contributed by atoms with Crippen LogP contribution in [-0.2, 0) is 19.1 Å². The number of esters is 1. The van der Waals surface area contributed by atoms with Crippen LogP contribution in [0, 0.1) is 28.6 Å². The Morgan fingerprint density at radius 3 is 2.68 bits per heavy atom. The molecule has 0 amide bonds. The van der Waals surface area contributed by atoms with Gasteiger partial charge in [0, 0.05) is 17.3 Å². The summed E-state index contributed by atoms with van der Waals surface area (Å²) in [7, 11) is 0. The molecule has 1 saturated heterocycles. The first-order valence-corrected chi connectivity index (χ1v) is 9.40. The van der Waals surface area contributed by atoms with Gasteiger partial charge in [-0.2, -0.15) is 0 Å². The number of hydrogen-bond acceptors (Lipinski definition) is 4. The Bertz CT molecular complexity index is 717. The molecular weight excluding hydrogens is 316 g/mol. The van der Waals surface area contributed by atoms with E-state index >= 15 is 0 Å². The van der Waals surface area contributed by atoms with Gasteiger partial charge in [-0.3, -0.25) is 14.4 Å². The zero-order valence-electron chi connectivity index (χ0n) is 15.2. The standard InChI is InChI=1S/C21H26O4/c1-12(22)19-21(3)9-7-16-15(17(21)11-18(24)25-19)5-4-13-10-14(23)6-8-20(13,16)2/h6,8,10,15-17,19H,4-5,7,9,11H2,1-3H3/t15-,16-,17-,19+,20+,21-/m1/s1. The topological polar surface area (TPSA) is 60.4 Å². The molecule has 0 N–H and O–H groups in total. The maximum atomic E-state index is 12.2. The highest BCUT2D eigenvalue weighted by molar-refractivity contribution is 6.01. The zero-order valence-corrected chi connectivity index (χ0v) is 15.2. The molecule has 1 heterocycles. The van der Waals surface area contributed by atoms with Crippen LogP contribution in [0.25, 0.3) is 0 Å². The molecular formula is C21H26O4. The molecule has 2 saturated carbocycles. The van der Waals surface area contributed by atoms with E-state index in [0.717, 1.165) is 25.7 Å². The largest absolute Gasteiger partial charge is 0.454 e. The SMILES string of the molecule is CC(=O)[C@@H]1OC(=O)C[C@@H]2[C@@H]3CCC4=CC(=O)C=C[C@]4(C)[C@@H]3CC[C@]21C. The van der Waals surface area contributed by atoms with E-state index in [-0.39, 0.29) is 34.3 Å². The van der Waals surface area contributed by atoms with Crippen LogP contribution in [-0.4, -0.2) is 23.6 Å². The Hall–Kier alpha value is -1.71. The lowest BCUT2D eigenvalue weighted by Gasteiger charge is -2.59. The molecule has 0 spiro atoms. The Morgan fingerprint density at radius 1 is 1.20 bits per heavy atom. The van der Waals surface area contributed by atoms with E-state index in [0.29, 0.717) is 18.3 Å². The summed E-state index contributed by atoms with van der Waals surface area (Å²) in [6.45, 7) is 5.92. The van der Waals surface area contributed by atoms with Gasteiger partial charge in [0.25, 0.3) is 0 Å². The number of carbonyl (C=O) groups is 3. The monoisotopic (exact) mass is 342 g/mol. The van der Waals surface area contributed by atoms with Crippen molar-refractivity contribution in [3.8, 4) is 0 Å². The van der Waals surface area contributed by atoms with Crippen LogP contribution in [0.4, 0.5) is 0 Å². The second-order valence-electron chi connectivity index (χ2n) is 8.83. The van der Waals surface area contributed by atoms with E-state index in [4.69, 9.17) is 4.74 Å². The van der Waals surface area contributed by atoms with Crippen molar-refractivity contribution in [2.45, 2.75) is 59.0 Å². The summed E-state index contributed by atoms with van der Waals surface area (Å²) in [5.41, 5.74) is 0.893. The smallest absolute Gasteiger partial charge is 0.306 e. The molecule has 4 aliphatic rings. The number of rotatable bonds is 1. The highest BCUT2D eigenvalue weighted by Gasteiger charge is 2.60. The Labute approximate surface area is 148 Å². The van der Waals surface area contributed by atoms with Crippen molar-refractivity contribution in [3.05, 3.63) is 23.8 Å². The van der Waals surface area contributed by atoms with Crippen LogP contribution in [0.5, 0.6) is 0 Å². The zero-order chi connectivity index (χ0) is 18.0. The van der Waals surface area contributed by atoms with Crippen molar-refractivity contribution in [2.24, 2.45) is 28.6 Å². The number of hydrogen-bond donors (Lipinski definition) is 0. The van der Waals surface area contributed by atoms with Gasteiger partial charge in [0.1, 0.15) is 0 Å². The van der Waals surface area contributed by atoms with Crippen molar-refractivity contribution in [1.29, 1.82) is 0 Å². The molecule has 4 heteroatoms. The summed E-state index contributed by atoms with van der Waals surface area (Å²) >= 11 is 0. The molecule has 0 aromatic rings. The van der Waals surface area contributed by atoms with Crippen molar-refractivity contribution >= 4 is 17.5 Å². The lowest BCUT2D eigenvalue weighted by molar-refractivity contribution is -0.193. The summed E-state index contributed by atoms with van der Waals surface area (Å²) in [5.74, 6) is 0.825. The minimum atomic E-state index is -0.604. The van der Waals surface area contributed by atoms with Crippen molar-refractivity contribution in [2.75, 3.05) is 0 Å². The number of cyclic esters (lactones) is 1. The first-order chi connectivity index (χ1) is 11.8. The Balaban J connectivity index is 1.72. The van der Waals surface area contributed by atoms with E-state index in [1.54, 1.807) is 6.08 Å². The number of fused-ring (bicyclic) bond motifs is 5.